The van der Waals surface area contributed by atoms with Gasteiger partial charge in [-0.1, -0.05) is 202 Å². The largest absolute Gasteiger partial charge is 0.310 e. The summed E-state index contributed by atoms with van der Waals surface area (Å²) in [6.45, 7) is 4.74. The molecule has 10 aromatic carbocycles. The molecule has 0 amide bonds. The molecule has 12 rings (SSSR count). The molecule has 0 fully saturated rings. The van der Waals surface area contributed by atoms with Crippen LogP contribution in [-0.2, 0) is 5.41 Å². The van der Waals surface area contributed by atoms with Gasteiger partial charge in [0.2, 0.25) is 0 Å². The van der Waals surface area contributed by atoms with Gasteiger partial charge in [0.05, 0.1) is 5.69 Å². The van der Waals surface area contributed by atoms with Gasteiger partial charge in [0.25, 0.3) is 0 Å². The molecule has 0 bridgehead atoms. The summed E-state index contributed by atoms with van der Waals surface area (Å²) in [7, 11) is -2.54. The van der Waals surface area contributed by atoms with E-state index in [2.05, 4.69) is 243 Å². The van der Waals surface area contributed by atoms with Gasteiger partial charge in [-0.3, -0.25) is 0 Å². The van der Waals surface area contributed by atoms with E-state index in [0.717, 1.165) is 11.4 Å². The lowest BCUT2D eigenvalue weighted by Gasteiger charge is -2.31. The number of rotatable bonds is 6. The van der Waals surface area contributed by atoms with Gasteiger partial charge < -0.3 is 4.90 Å². The van der Waals surface area contributed by atoms with Crippen molar-refractivity contribution in [1.29, 1.82) is 0 Å². The molecule has 0 saturated heterocycles. The van der Waals surface area contributed by atoms with E-state index >= 15 is 0 Å². The van der Waals surface area contributed by atoms with E-state index in [1.165, 1.54) is 92.5 Å². The van der Waals surface area contributed by atoms with Crippen LogP contribution < -0.4 is 25.6 Å². The van der Waals surface area contributed by atoms with Crippen LogP contribution in [0.15, 0.2) is 224 Å². The Labute approximate surface area is 358 Å². The Morgan fingerprint density at radius 1 is 0.361 bits per heavy atom. The Balaban J connectivity index is 1.02. The van der Waals surface area contributed by atoms with Gasteiger partial charge in [-0.15, -0.1) is 0 Å². The van der Waals surface area contributed by atoms with Crippen LogP contribution >= 0.6 is 0 Å². The Morgan fingerprint density at radius 3 is 1.67 bits per heavy atom. The summed E-state index contributed by atoms with van der Waals surface area (Å²) >= 11 is 0. The minimum absolute atomic E-state index is 0.115. The SMILES string of the molecule is CC1(C)c2ccccc2-c2ccc(N(c3ccc(-c4ccc5c(c4)-c4ccccc4[Si]5(c4ccccc4)c4ccccc4)cc3)c3cc4ccccc4c4ccccc34)cc21. The van der Waals surface area contributed by atoms with Crippen molar-refractivity contribution in [3.8, 4) is 33.4 Å². The molecule has 2 aliphatic rings. The molecule has 0 spiro atoms. The van der Waals surface area contributed by atoms with E-state index in [4.69, 9.17) is 0 Å². The van der Waals surface area contributed by atoms with Crippen LogP contribution in [0.25, 0.3) is 54.9 Å². The average Bonchev–Trinajstić information content (AvgIpc) is 3.75. The van der Waals surface area contributed by atoms with Crippen LogP contribution in [0.5, 0.6) is 0 Å². The molecule has 2 heteroatoms. The summed E-state index contributed by atoms with van der Waals surface area (Å²) in [6, 6.07) is 84.3. The van der Waals surface area contributed by atoms with Gasteiger partial charge in [0.1, 0.15) is 0 Å². The van der Waals surface area contributed by atoms with E-state index in [9.17, 15) is 0 Å². The van der Waals surface area contributed by atoms with E-state index < -0.39 is 8.07 Å². The van der Waals surface area contributed by atoms with E-state index in [1.54, 1.807) is 0 Å². The zero-order chi connectivity index (χ0) is 40.7. The van der Waals surface area contributed by atoms with Crippen molar-refractivity contribution in [3.05, 3.63) is 236 Å². The van der Waals surface area contributed by atoms with Crippen molar-refractivity contribution in [2.24, 2.45) is 0 Å². The topological polar surface area (TPSA) is 3.24 Å². The predicted octanol–water partition coefficient (Wildman–Crippen LogP) is 12.8. The summed E-state index contributed by atoms with van der Waals surface area (Å²) < 4.78 is 0. The van der Waals surface area contributed by atoms with Gasteiger partial charge in [0.15, 0.2) is 8.07 Å². The molecule has 0 saturated carbocycles. The molecule has 1 nitrogen and oxygen atoms in total. The van der Waals surface area contributed by atoms with E-state index in [0.29, 0.717) is 0 Å². The zero-order valence-corrected chi connectivity index (χ0v) is 35.3. The lowest BCUT2D eigenvalue weighted by molar-refractivity contribution is 0.660. The van der Waals surface area contributed by atoms with Crippen LogP contribution in [-0.4, -0.2) is 8.07 Å². The maximum atomic E-state index is 2.48. The first-order chi connectivity index (χ1) is 30.0. The van der Waals surface area contributed by atoms with Crippen LogP contribution in [0.1, 0.15) is 25.0 Å². The normalized spacial score (nSPS) is 14.0. The highest BCUT2D eigenvalue weighted by Gasteiger charge is 2.48. The lowest BCUT2D eigenvalue weighted by Crippen LogP contribution is -2.72. The summed E-state index contributed by atoms with van der Waals surface area (Å²) in [4.78, 5) is 2.48. The summed E-state index contributed by atoms with van der Waals surface area (Å²) in [6.07, 6.45) is 0. The van der Waals surface area contributed by atoms with Crippen LogP contribution in [0.4, 0.5) is 17.1 Å². The molecule has 61 heavy (non-hydrogen) atoms. The second-order valence-corrected chi connectivity index (χ2v) is 21.0. The summed E-state index contributed by atoms with van der Waals surface area (Å²) in [5.41, 5.74) is 13.9. The fourth-order valence-corrected chi connectivity index (χ4v) is 16.1. The van der Waals surface area contributed by atoms with E-state index in [1.807, 2.05) is 0 Å². The van der Waals surface area contributed by atoms with Crippen LogP contribution in [0, 0.1) is 0 Å². The van der Waals surface area contributed by atoms with Crippen LogP contribution in [0.3, 0.4) is 0 Å². The highest BCUT2D eigenvalue weighted by Crippen LogP contribution is 2.51. The molecule has 0 unspecified atom stereocenters. The quantitative estimate of drug-likeness (QED) is 0.120. The Bertz CT molecular complexity index is 3290. The maximum absolute atomic E-state index is 2.54. The Morgan fingerprint density at radius 2 is 0.918 bits per heavy atom. The van der Waals surface area contributed by atoms with Gasteiger partial charge in [-0.25, -0.2) is 0 Å². The monoisotopic (exact) mass is 793 g/mol. The maximum Gasteiger partial charge on any atom is 0.180 e. The van der Waals surface area contributed by atoms with Crippen molar-refractivity contribution in [3.63, 3.8) is 0 Å². The zero-order valence-electron chi connectivity index (χ0n) is 34.3. The first-order valence-electron chi connectivity index (χ1n) is 21.4. The molecule has 1 heterocycles. The lowest BCUT2D eigenvalue weighted by atomic mass is 9.82. The highest BCUT2D eigenvalue weighted by molar-refractivity contribution is 7.22. The molecule has 1 aliphatic heterocycles. The molecular weight excluding hydrogens is 751 g/mol. The minimum Gasteiger partial charge on any atom is -0.310 e. The second kappa shape index (κ2) is 13.6. The summed E-state index contributed by atoms with van der Waals surface area (Å²) in [5.74, 6) is 0. The minimum atomic E-state index is -2.54. The first-order valence-corrected chi connectivity index (χ1v) is 23.4. The number of fused-ring (bicyclic) bond motifs is 9. The molecular formula is C59H43NSi. The predicted molar refractivity (Wildman–Crippen MR) is 262 cm³/mol. The Kier molecular flexibility index (Phi) is 7.97. The third-order valence-electron chi connectivity index (χ3n) is 13.7. The number of benzene rings is 10. The molecule has 0 N–H and O–H groups in total. The standard InChI is InChI=1S/C59H43NSi/c1-59(2)54-27-15-13-24-49(54)50-35-34-44(39-55(50)59)60(56-38-42-17-9-10-22-47(42)48-23-11-12-25-51(48)56)43-32-29-40(30-33-43)41-31-36-58-53(37-41)52-26-14-16-28-57(52)61(58,45-18-5-3-6-19-45)46-20-7-4-8-21-46/h3-39H,1-2H3. The fraction of sp³-hybridized carbons (Fsp3) is 0.0508. The van der Waals surface area contributed by atoms with E-state index in [-0.39, 0.29) is 5.41 Å². The molecule has 0 radical (unpaired) electrons. The van der Waals surface area contributed by atoms with Crippen molar-refractivity contribution >= 4 is 67.4 Å². The summed E-state index contributed by atoms with van der Waals surface area (Å²) in [5, 5.41) is 10.8. The molecule has 10 aromatic rings. The van der Waals surface area contributed by atoms with Crippen LogP contribution in [0.2, 0.25) is 0 Å². The smallest absolute Gasteiger partial charge is 0.180 e. The first kappa shape index (κ1) is 35.7. The average molecular weight is 794 g/mol. The van der Waals surface area contributed by atoms with Gasteiger partial charge in [-0.2, -0.15) is 0 Å². The molecule has 1 aliphatic carbocycles. The van der Waals surface area contributed by atoms with Crippen molar-refractivity contribution < 1.29 is 0 Å². The molecule has 0 aromatic heterocycles. The third-order valence-corrected chi connectivity index (χ3v) is 18.6. The van der Waals surface area contributed by atoms with Gasteiger partial charge in [0, 0.05) is 22.2 Å². The molecule has 0 atom stereocenters. The highest BCUT2D eigenvalue weighted by atomic mass is 28.3. The van der Waals surface area contributed by atoms with Gasteiger partial charge >= 0.3 is 0 Å². The van der Waals surface area contributed by atoms with Crippen molar-refractivity contribution in [2.45, 2.75) is 19.3 Å². The van der Waals surface area contributed by atoms with Gasteiger partial charge in [-0.05, 0) is 118 Å². The number of hydrogen-bond acceptors (Lipinski definition) is 1. The number of anilines is 3. The third kappa shape index (κ3) is 5.25. The van der Waals surface area contributed by atoms with Crippen molar-refractivity contribution in [1.82, 2.24) is 0 Å². The Hall–Kier alpha value is -7.26. The number of hydrogen-bond donors (Lipinski definition) is 0. The molecule has 288 valence electrons. The number of nitrogens with zero attached hydrogens (tertiary/aromatic N) is 1. The van der Waals surface area contributed by atoms with Crippen molar-refractivity contribution in [2.75, 3.05) is 4.90 Å². The second-order valence-electron chi connectivity index (χ2n) is 17.2. The fourth-order valence-electron chi connectivity index (χ4n) is 10.9.